The van der Waals surface area contributed by atoms with Crippen LogP contribution in [-0.2, 0) is 6.54 Å². The topological polar surface area (TPSA) is 33.1 Å². The van der Waals surface area contributed by atoms with Crippen molar-refractivity contribution in [2.75, 3.05) is 13.1 Å². The van der Waals surface area contributed by atoms with Crippen molar-refractivity contribution in [1.29, 1.82) is 0 Å². The number of hydrogen-bond acceptors (Lipinski definition) is 3. The normalized spacial score (nSPS) is 27.3. The molecule has 0 radical (unpaired) electrons. The Bertz CT molecular complexity index is 392. The first-order chi connectivity index (χ1) is 8.72. The summed E-state index contributed by atoms with van der Waals surface area (Å²) < 4.78 is 2.15. The van der Waals surface area contributed by atoms with Crippen molar-refractivity contribution in [3.63, 3.8) is 0 Å². The van der Waals surface area contributed by atoms with Crippen LogP contribution in [0, 0.1) is 0 Å². The molecule has 2 saturated heterocycles. The zero-order valence-corrected chi connectivity index (χ0v) is 12.7. The van der Waals surface area contributed by atoms with Gasteiger partial charge in [0.1, 0.15) is 0 Å². The second-order valence-electron chi connectivity index (χ2n) is 6.05. The van der Waals surface area contributed by atoms with E-state index in [-0.39, 0.29) is 12.4 Å². The maximum absolute atomic E-state index is 4.43. The minimum Gasteiger partial charge on any atom is -0.309 e. The molecule has 108 valence electrons. The van der Waals surface area contributed by atoms with Crippen molar-refractivity contribution in [2.45, 2.75) is 57.8 Å². The Labute approximate surface area is 122 Å². The molecule has 19 heavy (non-hydrogen) atoms. The summed E-state index contributed by atoms with van der Waals surface area (Å²) >= 11 is 0. The molecule has 0 aliphatic carbocycles. The lowest BCUT2D eigenvalue weighted by molar-refractivity contribution is 0.116. The van der Waals surface area contributed by atoms with Crippen molar-refractivity contribution in [2.24, 2.45) is 0 Å². The van der Waals surface area contributed by atoms with E-state index in [1.165, 1.54) is 38.0 Å². The second kappa shape index (κ2) is 6.25. The van der Waals surface area contributed by atoms with E-state index in [9.17, 15) is 0 Å². The monoisotopic (exact) mass is 284 g/mol. The molecule has 3 rings (SSSR count). The lowest BCUT2D eigenvalue weighted by Gasteiger charge is -2.42. The molecule has 2 aliphatic heterocycles. The molecule has 1 aromatic rings. The van der Waals surface area contributed by atoms with Crippen LogP contribution in [0.2, 0.25) is 0 Å². The number of hydrogen-bond donors (Lipinski definition) is 1. The van der Waals surface area contributed by atoms with E-state index in [1.807, 2.05) is 6.20 Å². The van der Waals surface area contributed by atoms with E-state index in [2.05, 4.69) is 39.9 Å². The highest BCUT2D eigenvalue weighted by atomic mass is 35.5. The van der Waals surface area contributed by atoms with Gasteiger partial charge in [0.05, 0.1) is 5.69 Å². The molecule has 2 aliphatic rings. The molecule has 0 amide bonds. The van der Waals surface area contributed by atoms with Crippen molar-refractivity contribution >= 4 is 12.4 Å². The van der Waals surface area contributed by atoms with Gasteiger partial charge in [-0.2, -0.15) is 5.10 Å². The summed E-state index contributed by atoms with van der Waals surface area (Å²) in [5.74, 6) is 0. The van der Waals surface area contributed by atoms with Gasteiger partial charge in [-0.3, -0.25) is 9.58 Å². The summed E-state index contributed by atoms with van der Waals surface area (Å²) in [6.07, 6.45) is 6.02. The van der Waals surface area contributed by atoms with Crippen LogP contribution in [0.3, 0.4) is 0 Å². The predicted molar refractivity (Wildman–Crippen MR) is 79.7 cm³/mol. The molecule has 0 aromatic carbocycles. The molecule has 3 heterocycles. The Morgan fingerprint density at radius 2 is 2.00 bits per heavy atom. The van der Waals surface area contributed by atoms with Gasteiger partial charge in [0.25, 0.3) is 0 Å². The summed E-state index contributed by atoms with van der Waals surface area (Å²) in [6, 6.07) is 4.05. The van der Waals surface area contributed by atoms with Gasteiger partial charge in [-0.1, -0.05) is 6.42 Å². The molecule has 2 unspecified atom stereocenters. The third kappa shape index (κ3) is 3.30. The molecular weight excluding hydrogens is 260 g/mol. The van der Waals surface area contributed by atoms with Crippen molar-refractivity contribution < 1.29 is 0 Å². The Hall–Kier alpha value is -0.580. The van der Waals surface area contributed by atoms with Crippen LogP contribution in [0.4, 0.5) is 0 Å². The fourth-order valence-corrected chi connectivity index (χ4v) is 3.39. The number of nitrogens with zero attached hydrogens (tertiary/aromatic N) is 3. The van der Waals surface area contributed by atoms with Gasteiger partial charge in [0, 0.05) is 44.0 Å². The number of halogens is 1. The average Bonchev–Trinajstić information content (AvgIpc) is 2.76. The molecule has 1 aromatic heterocycles. The third-order valence-electron chi connectivity index (χ3n) is 4.16. The summed E-state index contributed by atoms with van der Waals surface area (Å²) in [6.45, 7) is 7.83. The van der Waals surface area contributed by atoms with E-state index in [1.54, 1.807) is 0 Å². The number of nitrogens with one attached hydrogen (secondary N) is 1. The smallest absolute Gasteiger partial charge is 0.0527 e. The van der Waals surface area contributed by atoms with Gasteiger partial charge in [-0.25, -0.2) is 0 Å². The van der Waals surface area contributed by atoms with Crippen molar-refractivity contribution in [3.05, 3.63) is 18.0 Å². The number of fused-ring (bicyclic) bond motifs is 2. The predicted octanol–water partition coefficient (Wildman–Crippen LogP) is 2.21. The Balaban J connectivity index is 0.00000133. The minimum absolute atomic E-state index is 0. The highest BCUT2D eigenvalue weighted by Gasteiger charge is 2.29. The van der Waals surface area contributed by atoms with E-state index in [0.717, 1.165) is 6.54 Å². The fourth-order valence-electron chi connectivity index (χ4n) is 3.39. The number of likely N-dealkylation sites (tertiary alicyclic amines) is 1. The fraction of sp³-hybridized carbons (Fsp3) is 0.786. The number of piperazine rings is 1. The van der Waals surface area contributed by atoms with Gasteiger partial charge in [0.2, 0.25) is 0 Å². The van der Waals surface area contributed by atoms with Gasteiger partial charge in [0.15, 0.2) is 0 Å². The zero-order valence-electron chi connectivity index (χ0n) is 11.9. The first kappa shape index (κ1) is 14.8. The molecule has 2 bridgehead atoms. The van der Waals surface area contributed by atoms with Gasteiger partial charge >= 0.3 is 0 Å². The molecular formula is C14H25ClN4. The molecule has 2 fully saturated rings. The van der Waals surface area contributed by atoms with Crippen LogP contribution in [0.1, 0.15) is 44.8 Å². The lowest BCUT2D eigenvalue weighted by Crippen LogP contribution is -2.58. The van der Waals surface area contributed by atoms with E-state index in [0.29, 0.717) is 18.1 Å². The quantitative estimate of drug-likeness (QED) is 0.924. The van der Waals surface area contributed by atoms with Gasteiger partial charge in [-0.05, 0) is 32.8 Å². The molecule has 2 atom stereocenters. The molecule has 1 N–H and O–H groups in total. The van der Waals surface area contributed by atoms with Gasteiger partial charge in [-0.15, -0.1) is 12.4 Å². The van der Waals surface area contributed by atoms with Crippen LogP contribution >= 0.6 is 12.4 Å². The number of aromatic nitrogens is 2. The van der Waals surface area contributed by atoms with Crippen LogP contribution < -0.4 is 5.32 Å². The number of rotatable bonds is 3. The maximum atomic E-state index is 4.43. The summed E-state index contributed by atoms with van der Waals surface area (Å²) in [5, 5.41) is 8.16. The van der Waals surface area contributed by atoms with Crippen molar-refractivity contribution in [1.82, 2.24) is 20.0 Å². The SMILES string of the molecule is CC(C)n1nccc1CN1CC2CCCC(C1)N2.Cl. The average molecular weight is 285 g/mol. The molecule has 0 spiro atoms. The van der Waals surface area contributed by atoms with Crippen LogP contribution in [0.25, 0.3) is 0 Å². The van der Waals surface area contributed by atoms with E-state index < -0.39 is 0 Å². The Morgan fingerprint density at radius 3 is 2.63 bits per heavy atom. The summed E-state index contributed by atoms with van der Waals surface area (Å²) in [5.41, 5.74) is 1.35. The summed E-state index contributed by atoms with van der Waals surface area (Å²) in [7, 11) is 0. The molecule has 4 nitrogen and oxygen atoms in total. The Morgan fingerprint density at radius 1 is 1.32 bits per heavy atom. The standard InChI is InChI=1S/C14H24N4.ClH/c1-11(2)18-14(6-7-15-18)10-17-8-12-4-3-5-13(9-17)16-12;/h6-7,11-13,16H,3-5,8-10H2,1-2H3;1H. The number of piperidine rings is 1. The first-order valence-electron chi connectivity index (χ1n) is 7.23. The highest BCUT2D eigenvalue weighted by Crippen LogP contribution is 2.21. The van der Waals surface area contributed by atoms with Gasteiger partial charge < -0.3 is 5.32 Å². The largest absolute Gasteiger partial charge is 0.309 e. The molecule has 0 saturated carbocycles. The Kier molecular flexibility index (Phi) is 4.87. The second-order valence-corrected chi connectivity index (χ2v) is 6.05. The minimum atomic E-state index is 0. The van der Waals surface area contributed by atoms with Crippen LogP contribution in [-0.4, -0.2) is 39.9 Å². The summed E-state index contributed by atoms with van der Waals surface area (Å²) in [4.78, 5) is 2.60. The third-order valence-corrected chi connectivity index (χ3v) is 4.16. The maximum Gasteiger partial charge on any atom is 0.0527 e. The van der Waals surface area contributed by atoms with Crippen LogP contribution in [0.15, 0.2) is 12.3 Å². The van der Waals surface area contributed by atoms with Crippen molar-refractivity contribution in [3.8, 4) is 0 Å². The zero-order chi connectivity index (χ0) is 12.5. The van der Waals surface area contributed by atoms with Crippen LogP contribution in [0.5, 0.6) is 0 Å². The molecule has 5 heteroatoms. The lowest BCUT2D eigenvalue weighted by atomic mass is 9.94. The first-order valence-corrected chi connectivity index (χ1v) is 7.23. The van der Waals surface area contributed by atoms with E-state index >= 15 is 0 Å². The highest BCUT2D eigenvalue weighted by molar-refractivity contribution is 5.85. The van der Waals surface area contributed by atoms with E-state index in [4.69, 9.17) is 0 Å².